The van der Waals surface area contributed by atoms with E-state index in [0.717, 1.165) is 34.4 Å². The Hall–Kier alpha value is -3.14. The van der Waals surface area contributed by atoms with Crippen molar-refractivity contribution < 1.29 is 13.9 Å². The maximum Gasteiger partial charge on any atom is 0.227 e. The fraction of sp³-hybridized carbons (Fsp3) is 0.208. The van der Waals surface area contributed by atoms with Gasteiger partial charge in [-0.1, -0.05) is 54.6 Å². The first kappa shape index (κ1) is 18.2. The molecule has 1 unspecified atom stereocenters. The van der Waals surface area contributed by atoms with Crippen molar-refractivity contribution in [2.24, 2.45) is 0 Å². The van der Waals surface area contributed by atoms with Gasteiger partial charge >= 0.3 is 0 Å². The predicted molar refractivity (Wildman–Crippen MR) is 107 cm³/mol. The Morgan fingerprint density at radius 1 is 1.04 bits per heavy atom. The Balaban J connectivity index is 1.60. The SMILES string of the molecule is CN(C(=O)Cc1ccc2c(c1)CCO2)C(c1ccccc1)c1ccc(F)cc1. The molecule has 1 heterocycles. The van der Waals surface area contributed by atoms with Gasteiger partial charge in [0.2, 0.25) is 5.91 Å². The van der Waals surface area contributed by atoms with Crippen molar-refractivity contribution >= 4 is 5.91 Å². The molecule has 0 saturated heterocycles. The number of carbonyl (C=O) groups excluding carboxylic acids is 1. The number of likely N-dealkylation sites (N-methyl/N-ethyl adjacent to an activating group) is 1. The summed E-state index contributed by atoms with van der Waals surface area (Å²) in [6, 6.07) is 21.9. The maximum absolute atomic E-state index is 13.4. The van der Waals surface area contributed by atoms with Crippen LogP contribution in [0.5, 0.6) is 5.75 Å². The van der Waals surface area contributed by atoms with E-state index in [1.165, 1.54) is 12.1 Å². The van der Waals surface area contributed by atoms with E-state index in [4.69, 9.17) is 4.74 Å². The van der Waals surface area contributed by atoms with E-state index in [-0.39, 0.29) is 17.8 Å². The molecule has 0 bridgehead atoms. The molecule has 1 atom stereocenters. The summed E-state index contributed by atoms with van der Waals surface area (Å²) in [4.78, 5) is 14.8. The number of halogens is 1. The molecule has 0 saturated carbocycles. The molecule has 0 aromatic heterocycles. The third-order valence-corrected chi connectivity index (χ3v) is 5.19. The van der Waals surface area contributed by atoms with Gasteiger partial charge in [-0.2, -0.15) is 0 Å². The summed E-state index contributed by atoms with van der Waals surface area (Å²) in [5.74, 6) is 0.639. The van der Waals surface area contributed by atoms with Gasteiger partial charge in [0, 0.05) is 13.5 Å². The number of ether oxygens (including phenoxy) is 1. The molecule has 0 N–H and O–H groups in total. The molecule has 28 heavy (non-hydrogen) atoms. The number of benzene rings is 3. The lowest BCUT2D eigenvalue weighted by molar-refractivity contribution is -0.130. The second kappa shape index (κ2) is 7.85. The monoisotopic (exact) mass is 375 g/mol. The van der Waals surface area contributed by atoms with E-state index in [1.807, 2.05) is 42.5 Å². The average Bonchev–Trinajstić information content (AvgIpc) is 3.18. The number of nitrogens with zero attached hydrogens (tertiary/aromatic N) is 1. The molecule has 4 heteroatoms. The highest BCUT2D eigenvalue weighted by atomic mass is 19.1. The molecule has 1 amide bonds. The largest absolute Gasteiger partial charge is 0.493 e. The van der Waals surface area contributed by atoms with E-state index in [2.05, 4.69) is 6.07 Å². The lowest BCUT2D eigenvalue weighted by atomic mass is 9.96. The van der Waals surface area contributed by atoms with E-state index in [1.54, 1.807) is 24.1 Å². The maximum atomic E-state index is 13.4. The smallest absolute Gasteiger partial charge is 0.227 e. The molecule has 142 valence electrons. The number of rotatable bonds is 5. The molecule has 0 fully saturated rings. The van der Waals surface area contributed by atoms with Gasteiger partial charge in [0.15, 0.2) is 0 Å². The van der Waals surface area contributed by atoms with Crippen LogP contribution in [0.3, 0.4) is 0 Å². The van der Waals surface area contributed by atoms with Crippen molar-refractivity contribution in [2.45, 2.75) is 18.9 Å². The van der Waals surface area contributed by atoms with Crippen LogP contribution < -0.4 is 4.74 Å². The summed E-state index contributed by atoms with van der Waals surface area (Å²) in [6.45, 7) is 0.702. The summed E-state index contributed by atoms with van der Waals surface area (Å²) in [7, 11) is 1.81. The van der Waals surface area contributed by atoms with E-state index in [0.29, 0.717) is 13.0 Å². The van der Waals surface area contributed by atoms with Crippen LogP contribution in [0.2, 0.25) is 0 Å². The second-order valence-corrected chi connectivity index (χ2v) is 7.09. The zero-order valence-electron chi connectivity index (χ0n) is 15.8. The first-order valence-electron chi connectivity index (χ1n) is 9.42. The number of hydrogen-bond acceptors (Lipinski definition) is 2. The summed E-state index contributed by atoms with van der Waals surface area (Å²) >= 11 is 0. The van der Waals surface area contributed by atoms with Crippen LogP contribution in [0.25, 0.3) is 0 Å². The van der Waals surface area contributed by atoms with Gasteiger partial charge in [0.05, 0.1) is 19.1 Å². The van der Waals surface area contributed by atoms with E-state index < -0.39 is 0 Å². The Morgan fingerprint density at radius 3 is 2.50 bits per heavy atom. The number of carbonyl (C=O) groups is 1. The molecule has 3 aromatic carbocycles. The van der Waals surface area contributed by atoms with Gasteiger partial charge in [0.25, 0.3) is 0 Å². The van der Waals surface area contributed by atoms with Crippen molar-refractivity contribution in [1.82, 2.24) is 4.90 Å². The van der Waals surface area contributed by atoms with Crippen LogP contribution in [0.15, 0.2) is 72.8 Å². The van der Waals surface area contributed by atoms with E-state index in [9.17, 15) is 9.18 Å². The van der Waals surface area contributed by atoms with Gasteiger partial charge in [0.1, 0.15) is 11.6 Å². The summed E-state index contributed by atoms with van der Waals surface area (Å²) in [6.07, 6.45) is 1.20. The van der Waals surface area contributed by atoms with Crippen LogP contribution in [-0.4, -0.2) is 24.5 Å². The minimum absolute atomic E-state index is 0.0112. The Morgan fingerprint density at radius 2 is 1.75 bits per heavy atom. The second-order valence-electron chi connectivity index (χ2n) is 7.09. The molecular weight excluding hydrogens is 353 g/mol. The standard InChI is InChI=1S/C24H22FNO2/c1-26(23(27)16-17-7-12-22-20(15-17)13-14-28-22)24(18-5-3-2-4-6-18)19-8-10-21(25)11-9-19/h2-12,15,24H,13-14,16H2,1H3. The fourth-order valence-corrected chi connectivity index (χ4v) is 3.71. The summed E-state index contributed by atoms with van der Waals surface area (Å²) in [5, 5.41) is 0. The Kier molecular flexibility index (Phi) is 5.11. The molecular formula is C24H22FNO2. The van der Waals surface area contributed by atoms with Crippen LogP contribution in [0, 0.1) is 5.82 Å². The molecule has 4 rings (SSSR count). The molecule has 3 aromatic rings. The van der Waals surface area contributed by atoms with Crippen LogP contribution in [0.1, 0.15) is 28.3 Å². The Bertz CT molecular complexity index is 970. The number of fused-ring (bicyclic) bond motifs is 1. The van der Waals surface area contributed by atoms with Crippen molar-refractivity contribution in [2.75, 3.05) is 13.7 Å². The molecule has 0 spiro atoms. The molecule has 0 aliphatic carbocycles. The summed E-state index contributed by atoms with van der Waals surface area (Å²) in [5.41, 5.74) is 4.01. The van der Waals surface area contributed by atoms with Crippen molar-refractivity contribution in [1.29, 1.82) is 0 Å². The van der Waals surface area contributed by atoms with Gasteiger partial charge in [-0.3, -0.25) is 4.79 Å². The zero-order chi connectivity index (χ0) is 19.5. The van der Waals surface area contributed by atoms with Crippen LogP contribution >= 0.6 is 0 Å². The van der Waals surface area contributed by atoms with Crippen molar-refractivity contribution in [3.8, 4) is 5.75 Å². The lowest BCUT2D eigenvalue weighted by Gasteiger charge is -2.29. The van der Waals surface area contributed by atoms with Gasteiger partial charge in [-0.25, -0.2) is 4.39 Å². The van der Waals surface area contributed by atoms with Gasteiger partial charge in [-0.05, 0) is 40.5 Å². The van der Waals surface area contributed by atoms with Gasteiger partial charge < -0.3 is 9.64 Å². The first-order valence-corrected chi connectivity index (χ1v) is 9.42. The summed E-state index contributed by atoms with van der Waals surface area (Å²) < 4.78 is 19.0. The molecule has 0 radical (unpaired) electrons. The highest BCUT2D eigenvalue weighted by Gasteiger charge is 2.24. The van der Waals surface area contributed by atoms with Crippen LogP contribution in [-0.2, 0) is 17.6 Å². The number of amides is 1. The average molecular weight is 375 g/mol. The minimum Gasteiger partial charge on any atom is -0.493 e. The quantitative estimate of drug-likeness (QED) is 0.655. The zero-order valence-corrected chi connectivity index (χ0v) is 15.8. The van der Waals surface area contributed by atoms with Gasteiger partial charge in [-0.15, -0.1) is 0 Å². The fourth-order valence-electron chi connectivity index (χ4n) is 3.71. The van der Waals surface area contributed by atoms with E-state index >= 15 is 0 Å². The van der Waals surface area contributed by atoms with Crippen LogP contribution in [0.4, 0.5) is 4.39 Å². The minimum atomic E-state index is -0.287. The highest BCUT2D eigenvalue weighted by molar-refractivity contribution is 5.79. The third-order valence-electron chi connectivity index (χ3n) is 5.19. The Labute approximate surface area is 164 Å². The van der Waals surface area contributed by atoms with Crippen molar-refractivity contribution in [3.05, 3.63) is 101 Å². The number of hydrogen-bond donors (Lipinski definition) is 0. The topological polar surface area (TPSA) is 29.5 Å². The first-order chi connectivity index (χ1) is 13.6. The normalized spacial score (nSPS) is 13.5. The molecule has 1 aliphatic rings. The highest BCUT2D eigenvalue weighted by Crippen LogP contribution is 2.30. The molecule has 1 aliphatic heterocycles. The lowest BCUT2D eigenvalue weighted by Crippen LogP contribution is -2.33. The molecule has 3 nitrogen and oxygen atoms in total. The predicted octanol–water partition coefficient (Wildman–Crippen LogP) is 4.55. The third kappa shape index (κ3) is 3.77. The van der Waals surface area contributed by atoms with Crippen molar-refractivity contribution in [3.63, 3.8) is 0 Å².